The number of aryl methyl sites for hydroxylation is 2. The minimum atomic E-state index is 0.106. The van der Waals surface area contributed by atoms with Gasteiger partial charge in [0.1, 0.15) is 6.61 Å². The van der Waals surface area contributed by atoms with E-state index in [1.807, 2.05) is 19.9 Å². The van der Waals surface area contributed by atoms with Crippen molar-refractivity contribution >= 4 is 5.78 Å². The molecule has 0 saturated heterocycles. The first-order valence-electron chi connectivity index (χ1n) is 5.78. The van der Waals surface area contributed by atoms with Gasteiger partial charge in [-0.15, -0.1) is 0 Å². The van der Waals surface area contributed by atoms with Crippen molar-refractivity contribution in [3.8, 4) is 0 Å². The lowest BCUT2D eigenvalue weighted by Crippen LogP contribution is -2.14. The van der Waals surface area contributed by atoms with E-state index in [-0.39, 0.29) is 12.4 Å². The van der Waals surface area contributed by atoms with Crippen molar-refractivity contribution in [1.82, 2.24) is 0 Å². The molecule has 1 aromatic rings. The van der Waals surface area contributed by atoms with Crippen molar-refractivity contribution in [3.05, 3.63) is 34.9 Å². The first-order valence-corrected chi connectivity index (χ1v) is 5.78. The summed E-state index contributed by atoms with van der Waals surface area (Å²) >= 11 is 0. The molecule has 0 amide bonds. The van der Waals surface area contributed by atoms with E-state index in [1.54, 1.807) is 7.11 Å². The molecule has 0 saturated carbocycles. The highest BCUT2D eigenvalue weighted by atomic mass is 16.5. The summed E-state index contributed by atoms with van der Waals surface area (Å²) in [5.74, 6) is 0.106. The van der Waals surface area contributed by atoms with Crippen molar-refractivity contribution in [2.24, 2.45) is 0 Å². The largest absolute Gasteiger partial charge is 0.382 e. The summed E-state index contributed by atoms with van der Waals surface area (Å²) in [5.41, 5.74) is 3.42. The summed E-state index contributed by atoms with van der Waals surface area (Å²) in [6.45, 7) is 5.21. The third-order valence-electron chi connectivity index (χ3n) is 2.59. The Labute approximate surface area is 103 Å². The number of ether oxygens (including phenoxy) is 2. The molecule has 0 atom stereocenters. The SMILES string of the molecule is COCCOCC(=O)Cc1cc(C)ccc1C. The Hall–Kier alpha value is -1.19. The molecular formula is C14H20O3. The van der Waals surface area contributed by atoms with Crippen LogP contribution >= 0.6 is 0 Å². The van der Waals surface area contributed by atoms with Crippen LogP contribution in [-0.4, -0.2) is 32.7 Å². The number of hydrogen-bond acceptors (Lipinski definition) is 3. The summed E-state index contributed by atoms with van der Waals surface area (Å²) in [7, 11) is 1.61. The standard InChI is InChI=1S/C14H20O3/c1-11-4-5-12(2)13(8-11)9-14(15)10-17-7-6-16-3/h4-5,8H,6-7,9-10H2,1-3H3. The van der Waals surface area contributed by atoms with E-state index in [1.165, 1.54) is 5.56 Å². The van der Waals surface area contributed by atoms with Gasteiger partial charge in [-0.1, -0.05) is 23.8 Å². The van der Waals surface area contributed by atoms with E-state index in [9.17, 15) is 4.79 Å². The predicted molar refractivity (Wildman–Crippen MR) is 67.3 cm³/mol. The zero-order valence-electron chi connectivity index (χ0n) is 10.8. The normalized spacial score (nSPS) is 10.5. The number of ketones is 1. The van der Waals surface area contributed by atoms with Gasteiger partial charge in [-0.3, -0.25) is 4.79 Å². The van der Waals surface area contributed by atoms with Crippen LogP contribution in [-0.2, 0) is 20.7 Å². The maximum absolute atomic E-state index is 11.7. The highest BCUT2D eigenvalue weighted by molar-refractivity contribution is 5.82. The quantitative estimate of drug-likeness (QED) is 0.680. The van der Waals surface area contributed by atoms with Crippen molar-refractivity contribution in [3.63, 3.8) is 0 Å². The smallest absolute Gasteiger partial charge is 0.162 e. The Morgan fingerprint density at radius 2 is 2.00 bits per heavy atom. The van der Waals surface area contributed by atoms with Gasteiger partial charge in [0.25, 0.3) is 0 Å². The summed E-state index contributed by atoms with van der Waals surface area (Å²) in [5, 5.41) is 0. The monoisotopic (exact) mass is 236 g/mol. The van der Waals surface area contributed by atoms with Crippen LogP contribution in [0.25, 0.3) is 0 Å². The van der Waals surface area contributed by atoms with Crippen LogP contribution < -0.4 is 0 Å². The first-order chi connectivity index (χ1) is 8.13. The molecule has 94 valence electrons. The molecule has 0 spiro atoms. The van der Waals surface area contributed by atoms with E-state index in [0.29, 0.717) is 19.6 Å². The number of benzene rings is 1. The second kappa shape index (κ2) is 7.20. The molecule has 0 fully saturated rings. The van der Waals surface area contributed by atoms with E-state index in [2.05, 4.69) is 12.1 Å². The second-order valence-electron chi connectivity index (χ2n) is 4.19. The Morgan fingerprint density at radius 1 is 1.24 bits per heavy atom. The van der Waals surface area contributed by atoms with Gasteiger partial charge < -0.3 is 9.47 Å². The predicted octanol–water partition coefficient (Wildman–Crippen LogP) is 2.08. The Morgan fingerprint density at radius 3 is 2.71 bits per heavy atom. The number of methoxy groups -OCH3 is 1. The third kappa shape index (κ3) is 5.11. The molecule has 0 bridgehead atoms. The highest BCUT2D eigenvalue weighted by Gasteiger charge is 2.06. The second-order valence-corrected chi connectivity index (χ2v) is 4.19. The van der Waals surface area contributed by atoms with Crippen LogP contribution in [0.1, 0.15) is 16.7 Å². The van der Waals surface area contributed by atoms with E-state index >= 15 is 0 Å². The van der Waals surface area contributed by atoms with Crippen LogP contribution in [0.3, 0.4) is 0 Å². The first kappa shape index (κ1) is 13.9. The third-order valence-corrected chi connectivity index (χ3v) is 2.59. The topological polar surface area (TPSA) is 35.5 Å². The Bertz CT molecular complexity index is 372. The molecule has 1 rings (SSSR count). The molecule has 0 N–H and O–H groups in total. The van der Waals surface area contributed by atoms with Crippen LogP contribution in [0, 0.1) is 13.8 Å². The van der Waals surface area contributed by atoms with Crippen molar-refractivity contribution in [2.45, 2.75) is 20.3 Å². The van der Waals surface area contributed by atoms with E-state index in [4.69, 9.17) is 9.47 Å². The zero-order valence-corrected chi connectivity index (χ0v) is 10.8. The summed E-state index contributed by atoms with van der Waals surface area (Å²) in [6, 6.07) is 6.16. The number of carbonyl (C=O) groups excluding carboxylic acids is 1. The van der Waals surface area contributed by atoms with Crippen LogP contribution in [0.5, 0.6) is 0 Å². The molecule has 1 aromatic carbocycles. The fourth-order valence-corrected chi connectivity index (χ4v) is 1.58. The van der Waals surface area contributed by atoms with Crippen molar-refractivity contribution in [2.75, 3.05) is 26.9 Å². The fourth-order valence-electron chi connectivity index (χ4n) is 1.58. The molecular weight excluding hydrogens is 216 g/mol. The summed E-state index contributed by atoms with van der Waals surface area (Å²) < 4.78 is 10.0. The number of Topliss-reactive ketones (excluding diaryl/α,β-unsaturated/α-hetero) is 1. The van der Waals surface area contributed by atoms with Gasteiger partial charge in [0.15, 0.2) is 5.78 Å². The minimum Gasteiger partial charge on any atom is -0.382 e. The fraction of sp³-hybridized carbons (Fsp3) is 0.500. The van der Waals surface area contributed by atoms with Crippen LogP contribution in [0.4, 0.5) is 0 Å². The van der Waals surface area contributed by atoms with Crippen LogP contribution in [0.15, 0.2) is 18.2 Å². The number of hydrogen-bond donors (Lipinski definition) is 0. The molecule has 3 nitrogen and oxygen atoms in total. The summed E-state index contributed by atoms with van der Waals surface area (Å²) in [6.07, 6.45) is 0.445. The van der Waals surface area contributed by atoms with Gasteiger partial charge in [0.05, 0.1) is 13.2 Å². The maximum Gasteiger partial charge on any atom is 0.162 e. The molecule has 0 unspecified atom stereocenters. The molecule has 3 heteroatoms. The van der Waals surface area contributed by atoms with Gasteiger partial charge in [0, 0.05) is 13.5 Å². The minimum absolute atomic E-state index is 0.106. The highest BCUT2D eigenvalue weighted by Crippen LogP contribution is 2.11. The van der Waals surface area contributed by atoms with E-state index < -0.39 is 0 Å². The van der Waals surface area contributed by atoms with Crippen LogP contribution in [0.2, 0.25) is 0 Å². The molecule has 0 aliphatic heterocycles. The summed E-state index contributed by atoms with van der Waals surface area (Å²) in [4.78, 5) is 11.7. The Balaban J connectivity index is 2.42. The average Bonchev–Trinajstić information content (AvgIpc) is 2.29. The van der Waals surface area contributed by atoms with E-state index in [0.717, 1.165) is 11.1 Å². The molecule has 0 aromatic heterocycles. The van der Waals surface area contributed by atoms with Gasteiger partial charge in [-0.2, -0.15) is 0 Å². The lowest BCUT2D eigenvalue weighted by molar-refractivity contribution is -0.123. The molecule has 0 radical (unpaired) electrons. The van der Waals surface area contributed by atoms with Gasteiger partial charge in [-0.05, 0) is 25.0 Å². The van der Waals surface area contributed by atoms with Gasteiger partial charge >= 0.3 is 0 Å². The van der Waals surface area contributed by atoms with Crippen molar-refractivity contribution in [1.29, 1.82) is 0 Å². The number of carbonyl (C=O) groups is 1. The molecule has 0 aliphatic rings. The molecule has 0 aliphatic carbocycles. The zero-order chi connectivity index (χ0) is 12.7. The molecule has 17 heavy (non-hydrogen) atoms. The van der Waals surface area contributed by atoms with Gasteiger partial charge in [0.2, 0.25) is 0 Å². The number of rotatable bonds is 7. The van der Waals surface area contributed by atoms with Gasteiger partial charge in [-0.25, -0.2) is 0 Å². The lowest BCUT2D eigenvalue weighted by Gasteiger charge is -2.07. The maximum atomic E-state index is 11.7. The average molecular weight is 236 g/mol. The Kier molecular flexibility index (Phi) is 5.87. The lowest BCUT2D eigenvalue weighted by atomic mass is 10.0. The molecule has 0 heterocycles. The van der Waals surface area contributed by atoms with Crippen molar-refractivity contribution < 1.29 is 14.3 Å².